The number of rotatable bonds is 1. The van der Waals surface area contributed by atoms with Crippen molar-refractivity contribution in [2.75, 3.05) is 0 Å². The average molecular weight is 228 g/mol. The van der Waals surface area contributed by atoms with Crippen molar-refractivity contribution >= 4 is 32.3 Å². The van der Waals surface area contributed by atoms with Crippen LogP contribution in [0.25, 0.3) is 21.0 Å². The average Bonchev–Trinajstić information content (AvgIpc) is 2.60. The summed E-state index contributed by atoms with van der Waals surface area (Å²) in [6.45, 7) is 5.44. The summed E-state index contributed by atoms with van der Waals surface area (Å²) in [7, 11) is 0. The molecule has 0 saturated carbocycles. The summed E-state index contributed by atoms with van der Waals surface area (Å²) in [6.07, 6.45) is 0. The molecule has 80 valence electrons. The van der Waals surface area contributed by atoms with Crippen molar-refractivity contribution in [3.8, 4) is 0 Å². The van der Waals surface area contributed by atoms with Crippen LogP contribution in [0.4, 0.5) is 0 Å². The van der Waals surface area contributed by atoms with Gasteiger partial charge in [0.15, 0.2) is 0 Å². The van der Waals surface area contributed by atoms with Crippen LogP contribution in [0.1, 0.15) is 11.9 Å². The Kier molecular flexibility index (Phi) is 2.18. The lowest BCUT2D eigenvalue weighted by Crippen LogP contribution is -2.33. The van der Waals surface area contributed by atoms with Gasteiger partial charge in [0.1, 0.15) is 11.2 Å². The smallest absolute Gasteiger partial charge is 0.186 e. The number of thiazole rings is 1. The maximum absolute atomic E-state index is 2.38. The molecular weight excluding hydrogens is 214 g/mol. The van der Waals surface area contributed by atoms with E-state index in [0.717, 1.165) is 6.54 Å². The molecule has 0 fully saturated rings. The first-order valence-corrected chi connectivity index (χ1v) is 6.43. The number of nitrogens with zero attached hydrogens (tertiary/aromatic N) is 1. The van der Waals surface area contributed by atoms with Crippen LogP contribution in [0.2, 0.25) is 0 Å². The second-order valence-electron chi connectivity index (χ2n) is 4.03. The van der Waals surface area contributed by atoms with Crippen LogP contribution < -0.4 is 4.57 Å². The Morgan fingerprint density at radius 2 is 1.81 bits per heavy atom. The van der Waals surface area contributed by atoms with E-state index in [2.05, 4.69) is 54.8 Å². The van der Waals surface area contributed by atoms with Gasteiger partial charge in [0.2, 0.25) is 10.5 Å². The van der Waals surface area contributed by atoms with E-state index in [0.29, 0.717) is 0 Å². The van der Waals surface area contributed by atoms with Gasteiger partial charge in [0.05, 0.1) is 0 Å². The van der Waals surface area contributed by atoms with Crippen LogP contribution >= 0.6 is 11.3 Å². The van der Waals surface area contributed by atoms with E-state index in [1.54, 1.807) is 0 Å². The van der Waals surface area contributed by atoms with Crippen molar-refractivity contribution in [1.29, 1.82) is 0 Å². The third kappa shape index (κ3) is 1.34. The fourth-order valence-electron chi connectivity index (χ4n) is 2.28. The topological polar surface area (TPSA) is 3.88 Å². The summed E-state index contributed by atoms with van der Waals surface area (Å²) in [6, 6.07) is 13.2. The van der Waals surface area contributed by atoms with Crippen LogP contribution in [0.3, 0.4) is 0 Å². The first-order valence-electron chi connectivity index (χ1n) is 5.61. The highest BCUT2D eigenvalue weighted by atomic mass is 32.1. The van der Waals surface area contributed by atoms with Gasteiger partial charge < -0.3 is 0 Å². The molecule has 2 heteroatoms. The molecule has 16 heavy (non-hydrogen) atoms. The lowest BCUT2D eigenvalue weighted by atomic mass is 10.1. The molecule has 0 bridgehead atoms. The lowest BCUT2D eigenvalue weighted by Gasteiger charge is -1.96. The molecule has 0 amide bonds. The molecule has 0 unspecified atom stereocenters. The third-order valence-corrected chi connectivity index (χ3v) is 4.13. The predicted octanol–water partition coefficient (Wildman–Crippen LogP) is 3.67. The van der Waals surface area contributed by atoms with Crippen molar-refractivity contribution < 1.29 is 4.57 Å². The van der Waals surface area contributed by atoms with Crippen LogP contribution in [0.5, 0.6) is 0 Å². The highest BCUT2D eigenvalue weighted by Gasteiger charge is 2.15. The monoisotopic (exact) mass is 228 g/mol. The summed E-state index contributed by atoms with van der Waals surface area (Å²) in [5.74, 6) is 0. The van der Waals surface area contributed by atoms with Crippen molar-refractivity contribution in [3.05, 3.63) is 41.4 Å². The van der Waals surface area contributed by atoms with Crippen molar-refractivity contribution in [1.82, 2.24) is 0 Å². The lowest BCUT2D eigenvalue weighted by molar-refractivity contribution is -0.669. The molecule has 0 aliphatic rings. The van der Waals surface area contributed by atoms with Gasteiger partial charge in [-0.25, -0.2) is 0 Å². The maximum atomic E-state index is 2.38. The Balaban J connectivity index is 2.46. The molecule has 3 aromatic rings. The molecule has 0 radical (unpaired) electrons. The molecule has 1 nitrogen and oxygen atoms in total. The molecule has 0 saturated heterocycles. The van der Waals surface area contributed by atoms with E-state index in [-0.39, 0.29) is 0 Å². The second-order valence-corrected chi connectivity index (χ2v) is 5.27. The Labute approximate surface area is 99.0 Å². The van der Waals surface area contributed by atoms with Gasteiger partial charge in [-0.05, 0) is 23.8 Å². The van der Waals surface area contributed by atoms with Gasteiger partial charge in [0, 0.05) is 13.0 Å². The maximum Gasteiger partial charge on any atom is 0.235 e. The Morgan fingerprint density at radius 1 is 1.12 bits per heavy atom. The Bertz CT molecular complexity index is 667. The Morgan fingerprint density at radius 3 is 2.50 bits per heavy atom. The first kappa shape index (κ1) is 9.79. The summed E-state index contributed by atoms with van der Waals surface area (Å²) < 4.78 is 3.77. The highest BCUT2D eigenvalue weighted by Crippen LogP contribution is 2.25. The molecule has 1 aromatic heterocycles. The van der Waals surface area contributed by atoms with Gasteiger partial charge in [-0.2, -0.15) is 4.57 Å². The van der Waals surface area contributed by atoms with Crippen LogP contribution in [0.15, 0.2) is 36.4 Å². The van der Waals surface area contributed by atoms with E-state index in [4.69, 9.17) is 0 Å². The molecule has 1 heterocycles. The Hall–Kier alpha value is -1.41. The minimum atomic E-state index is 1.05. The summed E-state index contributed by atoms with van der Waals surface area (Å²) >= 11 is 1.88. The second kappa shape index (κ2) is 3.56. The van der Waals surface area contributed by atoms with Gasteiger partial charge in [-0.15, -0.1) is 0 Å². The van der Waals surface area contributed by atoms with Crippen LogP contribution in [0, 0.1) is 6.92 Å². The van der Waals surface area contributed by atoms with E-state index in [9.17, 15) is 0 Å². The molecule has 0 spiro atoms. The van der Waals surface area contributed by atoms with Crippen molar-refractivity contribution in [2.24, 2.45) is 0 Å². The summed E-state index contributed by atoms with van der Waals surface area (Å²) in [5, 5.41) is 4.04. The molecule has 0 N–H and O–H groups in total. The van der Waals surface area contributed by atoms with E-state index < -0.39 is 0 Å². The van der Waals surface area contributed by atoms with Crippen molar-refractivity contribution in [2.45, 2.75) is 20.4 Å². The SMILES string of the molecule is CC[n+]1c(C)sc2cc3ccccc3cc21. The molecule has 0 aliphatic carbocycles. The molecule has 2 aromatic carbocycles. The molecule has 3 rings (SSSR count). The van der Waals surface area contributed by atoms with Gasteiger partial charge in [-0.1, -0.05) is 35.6 Å². The standard InChI is InChI=1S/C14H14NS/c1-3-15-10(2)16-14-9-12-7-5-4-6-11(12)8-13(14)15/h4-9H,3H2,1-2H3/q+1. The number of aromatic nitrogens is 1. The minimum Gasteiger partial charge on any atom is -0.186 e. The van der Waals surface area contributed by atoms with Gasteiger partial charge >= 0.3 is 0 Å². The van der Waals surface area contributed by atoms with Gasteiger partial charge in [-0.3, -0.25) is 0 Å². The number of fused-ring (bicyclic) bond motifs is 2. The predicted molar refractivity (Wildman–Crippen MR) is 69.9 cm³/mol. The van der Waals surface area contributed by atoms with Gasteiger partial charge in [0.25, 0.3) is 0 Å². The highest BCUT2D eigenvalue weighted by molar-refractivity contribution is 7.18. The van der Waals surface area contributed by atoms with E-state index >= 15 is 0 Å². The van der Waals surface area contributed by atoms with Crippen LogP contribution in [-0.4, -0.2) is 0 Å². The van der Waals surface area contributed by atoms with E-state index in [1.807, 2.05) is 11.3 Å². The fraction of sp³-hybridized carbons (Fsp3) is 0.214. The zero-order valence-corrected chi connectivity index (χ0v) is 10.3. The summed E-state index contributed by atoms with van der Waals surface area (Å²) in [4.78, 5) is 0. The normalized spacial score (nSPS) is 11.4. The zero-order valence-electron chi connectivity index (χ0n) is 9.53. The zero-order chi connectivity index (χ0) is 11.1. The minimum absolute atomic E-state index is 1.05. The fourth-order valence-corrected chi connectivity index (χ4v) is 3.39. The quantitative estimate of drug-likeness (QED) is 0.559. The first-order chi connectivity index (χ1) is 7.79. The van der Waals surface area contributed by atoms with Crippen LogP contribution in [-0.2, 0) is 6.54 Å². The number of hydrogen-bond donors (Lipinski definition) is 0. The number of hydrogen-bond acceptors (Lipinski definition) is 1. The third-order valence-electron chi connectivity index (χ3n) is 3.07. The number of benzene rings is 2. The number of aryl methyl sites for hydroxylation is 2. The summed E-state index contributed by atoms with van der Waals surface area (Å²) in [5.41, 5.74) is 1.36. The largest absolute Gasteiger partial charge is 0.235 e. The van der Waals surface area contributed by atoms with E-state index in [1.165, 1.54) is 26.0 Å². The molecule has 0 aliphatic heterocycles. The molecule has 0 atom stereocenters. The molecular formula is C14H14NS+. The van der Waals surface area contributed by atoms with Crippen molar-refractivity contribution in [3.63, 3.8) is 0 Å².